The first-order valence-electron chi connectivity index (χ1n) is 37.5. The number of halogens is 1. The number of para-hydroxylation sites is 2. The van der Waals surface area contributed by atoms with Crippen molar-refractivity contribution < 1.29 is 9.31 Å². The molecule has 1 aliphatic heterocycles. The minimum atomic E-state index is -0.330. The van der Waals surface area contributed by atoms with Crippen molar-refractivity contribution in [1.29, 1.82) is 0 Å². The molecule has 3 N–H and O–H groups in total. The molecule has 1 aliphatic rings. The van der Waals surface area contributed by atoms with E-state index in [1.165, 1.54) is 76.1 Å². The van der Waals surface area contributed by atoms with E-state index in [0.717, 1.165) is 116 Å². The van der Waals surface area contributed by atoms with Gasteiger partial charge in [-0.25, -0.2) is 19.9 Å². The number of fused-ring (bicyclic) bond motifs is 12. The topological polar surface area (TPSA) is 105 Å². The molecule has 7 nitrogen and oxygen atoms in total. The molecule has 5 heterocycles. The van der Waals surface area contributed by atoms with Crippen LogP contribution in [0, 0.1) is 0 Å². The van der Waals surface area contributed by atoms with Gasteiger partial charge in [0.05, 0.1) is 61.1 Å². The van der Waals surface area contributed by atoms with Crippen LogP contribution in [0.2, 0.25) is 5.02 Å². The summed E-state index contributed by atoms with van der Waals surface area (Å²) in [7, 11) is -0.330. The summed E-state index contributed by atoms with van der Waals surface area (Å²) in [6.07, 6.45) is 0. The average Bonchev–Trinajstić information content (AvgIpc) is 1.41. The molecule has 111 heavy (non-hydrogen) atoms. The van der Waals surface area contributed by atoms with Crippen molar-refractivity contribution in [2.45, 2.75) is 38.9 Å². The van der Waals surface area contributed by atoms with Gasteiger partial charge < -0.3 is 15.5 Å². The van der Waals surface area contributed by atoms with Gasteiger partial charge in [0.2, 0.25) is 0 Å². The summed E-state index contributed by atoms with van der Waals surface area (Å²) < 4.78 is 12.2. The van der Waals surface area contributed by atoms with E-state index in [1.807, 2.05) is 30.3 Å². The van der Waals surface area contributed by atoms with Gasteiger partial charge in [-0.15, -0.1) is 0 Å². The van der Waals surface area contributed by atoms with Crippen molar-refractivity contribution >= 4 is 132 Å². The number of benzene rings is 16. The van der Waals surface area contributed by atoms with E-state index in [9.17, 15) is 0 Å². The molecule has 16 aromatic carbocycles. The molecule has 0 radical (unpaired) electrons. The Hall–Kier alpha value is -13.0. The third kappa shape index (κ3) is 13.3. The molecule has 20 aromatic rings. The number of rotatable bonds is 8. The zero-order valence-corrected chi connectivity index (χ0v) is 62.7. The van der Waals surface area contributed by atoms with Crippen LogP contribution in [0.5, 0.6) is 0 Å². The summed E-state index contributed by atoms with van der Waals surface area (Å²) in [4.78, 5) is 20.3. The van der Waals surface area contributed by atoms with Crippen molar-refractivity contribution in [1.82, 2.24) is 26.1 Å². The van der Waals surface area contributed by atoms with Crippen LogP contribution in [-0.2, 0) is 9.31 Å². The summed E-state index contributed by atoms with van der Waals surface area (Å²) >= 11 is 6.95. The van der Waals surface area contributed by atoms with E-state index in [0.29, 0.717) is 5.02 Å². The van der Waals surface area contributed by atoms with E-state index in [1.54, 1.807) is 0 Å². The largest absolute Gasteiger partial charge is 0.494 e. The maximum atomic E-state index is 6.95. The molecule has 0 atom stereocenters. The molecule has 21 rings (SSSR count). The summed E-state index contributed by atoms with van der Waals surface area (Å²) in [5, 5.41) is 19.5. The predicted molar refractivity (Wildman–Crippen MR) is 469 cm³/mol. The van der Waals surface area contributed by atoms with Crippen molar-refractivity contribution in [3.05, 3.63) is 369 Å². The Bertz CT molecular complexity index is 7010. The lowest BCUT2D eigenvalue weighted by atomic mass is 9.79. The first-order valence-corrected chi connectivity index (χ1v) is 37.9. The molecule has 1 fully saturated rings. The summed E-state index contributed by atoms with van der Waals surface area (Å²) in [6.45, 7) is 8.28. The van der Waals surface area contributed by atoms with Gasteiger partial charge >= 0.3 is 7.12 Å². The molecular formula is C102H75BClN5O2. The van der Waals surface area contributed by atoms with Crippen LogP contribution in [0.3, 0.4) is 0 Å². The van der Waals surface area contributed by atoms with Crippen LogP contribution in [-0.4, -0.2) is 38.3 Å². The van der Waals surface area contributed by atoms with Crippen molar-refractivity contribution in [3.63, 3.8) is 0 Å². The van der Waals surface area contributed by atoms with E-state index in [4.69, 9.17) is 40.8 Å². The molecule has 530 valence electrons. The van der Waals surface area contributed by atoms with Gasteiger partial charge in [0.25, 0.3) is 0 Å². The third-order valence-corrected chi connectivity index (χ3v) is 22.5. The molecule has 0 bridgehead atoms. The second kappa shape index (κ2) is 28.8. The molecule has 1 saturated heterocycles. The highest BCUT2D eigenvalue weighted by Gasteiger charge is 2.51. The number of aromatic nitrogens is 4. The Balaban J connectivity index is 0.000000123. The van der Waals surface area contributed by atoms with Crippen LogP contribution in [0.25, 0.3) is 187 Å². The lowest BCUT2D eigenvalue weighted by Crippen LogP contribution is -2.41. The SMILES string of the molecule is CC1(C)OB(c2ccc(-c3ccc4ccccc4n3)cc2)OC1(C)C.Clc1cc(-c2ccc3ccccc3c2)nc2c1cc(-c1ccc3ccccc3c1)c1ccccc12.N.c1ccc2cc(-c3cc(-c4ccc(-c5ccc6ccccc6n5)cc4)c4cc(-c5ccc6ccccc6c5)c5ccccc5c4n3)ccc2c1. The third-order valence-electron chi connectivity index (χ3n) is 22.2. The predicted octanol–water partition coefficient (Wildman–Crippen LogP) is 27.0. The second-order valence-electron chi connectivity index (χ2n) is 29.6. The molecule has 0 amide bonds. The molecule has 4 aromatic heterocycles. The van der Waals surface area contributed by atoms with E-state index in [-0.39, 0.29) is 24.5 Å². The fourth-order valence-corrected chi connectivity index (χ4v) is 15.8. The van der Waals surface area contributed by atoms with Crippen LogP contribution < -0.4 is 11.6 Å². The maximum absolute atomic E-state index is 6.95. The fourth-order valence-electron chi connectivity index (χ4n) is 15.6. The molecule has 0 unspecified atom stereocenters. The number of nitrogens with zero attached hydrogens (tertiary/aromatic N) is 4. The Morgan fingerprint density at radius 2 is 0.559 bits per heavy atom. The Kier molecular flexibility index (Phi) is 18.1. The van der Waals surface area contributed by atoms with Gasteiger partial charge in [-0.1, -0.05) is 303 Å². The highest BCUT2D eigenvalue weighted by Crippen LogP contribution is 2.44. The van der Waals surface area contributed by atoms with E-state index < -0.39 is 0 Å². The van der Waals surface area contributed by atoms with E-state index in [2.05, 4.69) is 361 Å². The van der Waals surface area contributed by atoms with Crippen molar-refractivity contribution in [2.75, 3.05) is 0 Å². The molecule has 0 spiro atoms. The lowest BCUT2D eigenvalue weighted by molar-refractivity contribution is 0.00578. The quantitative estimate of drug-likeness (QED) is 0.119. The number of hydrogen-bond donors (Lipinski definition) is 1. The first-order chi connectivity index (χ1) is 53.8. The zero-order valence-electron chi connectivity index (χ0n) is 61.9. The minimum absolute atomic E-state index is 0. The van der Waals surface area contributed by atoms with E-state index >= 15 is 0 Å². The molecule has 0 aliphatic carbocycles. The van der Waals surface area contributed by atoms with Gasteiger partial charge in [0.1, 0.15) is 0 Å². The molecule has 0 saturated carbocycles. The maximum Gasteiger partial charge on any atom is 0.494 e. The second-order valence-corrected chi connectivity index (χ2v) is 30.0. The molecule has 9 heteroatoms. The van der Waals surface area contributed by atoms with Crippen LogP contribution in [0.1, 0.15) is 27.7 Å². The summed E-state index contributed by atoms with van der Waals surface area (Å²) in [5.41, 5.74) is 19.5. The highest BCUT2D eigenvalue weighted by molar-refractivity contribution is 6.62. The highest BCUT2D eigenvalue weighted by atomic mass is 35.5. The van der Waals surface area contributed by atoms with Gasteiger partial charge in [-0.3, -0.25) is 0 Å². The Morgan fingerprint density at radius 1 is 0.243 bits per heavy atom. The number of hydrogen-bond acceptors (Lipinski definition) is 7. The van der Waals surface area contributed by atoms with Gasteiger partial charge in [0, 0.05) is 54.6 Å². The standard InChI is InChI=1S/C48H30N2.C33H20ClN.C21H22BNO2.H3N/c1-3-12-36-27-38(23-17-31(36)9-1)42-29-44-43(33-19-21-35(22-20-33)46-26-25-34-11-5-8-16-45(34)49-46)30-47(50-48(44)41-15-7-6-14-40(41)42)39-24-18-32-10-2-4-13-37(32)28-39;34-31-20-32(26-16-14-22-8-2-4-10-24(22)18-26)35-33-28-12-6-5-11-27(28)29(19-30(31)33)25-15-13-21-7-1-3-9-23(21)17-25;1-20(2)21(3,4)25-22(24-20)17-12-9-16(10-13-17)19-14-11-15-7-5-6-8-18(15)23-19;/h1-30H;1-20H;5-14H,1-4H3;1H3. The fraction of sp³-hybridized carbons (Fsp3) is 0.0588. The summed E-state index contributed by atoms with van der Waals surface area (Å²) in [6, 6.07) is 128. The van der Waals surface area contributed by atoms with Crippen LogP contribution in [0.15, 0.2) is 364 Å². The van der Waals surface area contributed by atoms with Gasteiger partial charge in [0.15, 0.2) is 0 Å². The Morgan fingerprint density at radius 3 is 1.01 bits per heavy atom. The summed E-state index contributed by atoms with van der Waals surface area (Å²) in [5.74, 6) is 0. The smallest absolute Gasteiger partial charge is 0.399 e. The number of pyridine rings is 4. The monoisotopic (exact) mass is 1450 g/mol. The minimum Gasteiger partial charge on any atom is -0.399 e. The normalized spacial score (nSPS) is 13.1. The van der Waals surface area contributed by atoms with Crippen molar-refractivity contribution in [2.24, 2.45) is 0 Å². The lowest BCUT2D eigenvalue weighted by Gasteiger charge is -2.32. The zero-order chi connectivity index (χ0) is 74.0. The van der Waals surface area contributed by atoms with Crippen LogP contribution >= 0.6 is 11.6 Å². The Labute approximate surface area is 649 Å². The van der Waals surface area contributed by atoms with Gasteiger partial charge in [-0.2, -0.15) is 0 Å². The average molecular weight is 1450 g/mol. The molecular weight excluding hydrogens is 1370 g/mol. The first kappa shape index (κ1) is 69.7. The van der Waals surface area contributed by atoms with Crippen LogP contribution in [0.4, 0.5) is 0 Å². The van der Waals surface area contributed by atoms with Crippen molar-refractivity contribution in [3.8, 4) is 78.4 Å². The van der Waals surface area contributed by atoms with Gasteiger partial charge in [-0.05, 0) is 193 Å².